The monoisotopic (exact) mass is 446 g/mol. The third-order valence-electron chi connectivity index (χ3n) is 4.36. The molecule has 14 heteroatoms. The molecular formula is C16H23N4O9P. The highest BCUT2D eigenvalue weighted by Crippen LogP contribution is 2.47. The molecule has 30 heavy (non-hydrogen) atoms. The number of aromatic nitrogens is 4. The number of imidazole rings is 1. The van der Waals surface area contributed by atoms with Crippen LogP contribution in [0.4, 0.5) is 0 Å². The zero-order valence-electron chi connectivity index (χ0n) is 16.3. The van der Waals surface area contributed by atoms with Gasteiger partial charge in [0.25, 0.3) is 5.56 Å². The van der Waals surface area contributed by atoms with Gasteiger partial charge in [0.15, 0.2) is 17.4 Å². The van der Waals surface area contributed by atoms with Gasteiger partial charge in [-0.1, -0.05) is 0 Å². The average Bonchev–Trinajstić information content (AvgIpc) is 3.23. The maximum Gasteiger partial charge on any atom is 0.341 e. The first-order valence-electron chi connectivity index (χ1n) is 9.25. The molecule has 13 nitrogen and oxygen atoms in total. The van der Waals surface area contributed by atoms with Crippen LogP contribution in [0.15, 0.2) is 17.4 Å². The van der Waals surface area contributed by atoms with E-state index in [1.165, 1.54) is 17.2 Å². The Morgan fingerprint density at radius 3 is 2.63 bits per heavy atom. The highest BCUT2D eigenvalue weighted by atomic mass is 31.2. The van der Waals surface area contributed by atoms with Crippen LogP contribution in [0.25, 0.3) is 11.2 Å². The first kappa shape index (κ1) is 22.5. The van der Waals surface area contributed by atoms with E-state index in [9.17, 15) is 24.4 Å². The molecule has 3 rings (SSSR count). The summed E-state index contributed by atoms with van der Waals surface area (Å²) in [6.07, 6.45) is -3.15. The van der Waals surface area contributed by atoms with Crippen molar-refractivity contribution in [3.05, 3.63) is 23.0 Å². The van der Waals surface area contributed by atoms with Gasteiger partial charge in [-0.2, -0.15) is 0 Å². The van der Waals surface area contributed by atoms with Gasteiger partial charge >= 0.3 is 13.6 Å². The zero-order chi connectivity index (χ0) is 21.9. The first-order chi connectivity index (χ1) is 14.3. The van der Waals surface area contributed by atoms with Crippen molar-refractivity contribution >= 4 is 24.7 Å². The predicted molar refractivity (Wildman–Crippen MR) is 101 cm³/mol. The van der Waals surface area contributed by atoms with Crippen LogP contribution < -0.4 is 5.56 Å². The van der Waals surface area contributed by atoms with Gasteiger partial charge in [0.1, 0.15) is 31.1 Å². The molecule has 0 spiro atoms. The Balaban J connectivity index is 1.65. The molecule has 0 saturated carbocycles. The number of aromatic amines is 1. The van der Waals surface area contributed by atoms with Gasteiger partial charge < -0.3 is 33.7 Å². The molecule has 3 N–H and O–H groups in total. The van der Waals surface area contributed by atoms with Gasteiger partial charge in [0.2, 0.25) is 0 Å². The molecule has 1 aliphatic heterocycles. The number of nitrogens with zero attached hydrogens (tertiary/aromatic N) is 3. The SMILES string of the molecule is CCOP(=O)(CC(=O)OC[C@H]1O[C@@H](n2cnc3c(=O)[nH]cnc32)[C@H](O)[C@@H]1O)OCC. The fourth-order valence-corrected chi connectivity index (χ4v) is 4.50. The molecule has 166 valence electrons. The normalized spacial score (nSPS) is 24.4. The van der Waals surface area contributed by atoms with Gasteiger partial charge in [-0.25, -0.2) is 9.97 Å². The topological polar surface area (TPSA) is 175 Å². The standard InChI is InChI=1S/C16H23N4O9P/c1-3-27-30(25,28-4-2)6-10(21)26-5-9-12(22)13(23)16(29-9)20-8-19-11-14(20)17-7-18-15(11)24/h7-9,12-13,16,22-23H,3-6H2,1-2H3,(H,17,18,24)/t9-,12-,13-,16-/m1/s1. The number of carbonyl (C=O) groups is 1. The molecular weight excluding hydrogens is 423 g/mol. The van der Waals surface area contributed by atoms with Crippen molar-refractivity contribution in [3.8, 4) is 0 Å². The largest absolute Gasteiger partial charge is 0.462 e. The summed E-state index contributed by atoms with van der Waals surface area (Å²) in [6.45, 7) is 3.01. The minimum atomic E-state index is -3.63. The Morgan fingerprint density at radius 1 is 1.27 bits per heavy atom. The minimum absolute atomic E-state index is 0.0419. The second-order valence-electron chi connectivity index (χ2n) is 6.39. The van der Waals surface area contributed by atoms with Crippen molar-refractivity contribution in [2.24, 2.45) is 0 Å². The average molecular weight is 446 g/mol. The van der Waals surface area contributed by atoms with Crippen molar-refractivity contribution in [3.63, 3.8) is 0 Å². The molecule has 0 amide bonds. The highest BCUT2D eigenvalue weighted by Gasteiger charge is 2.45. The number of nitrogens with one attached hydrogen (secondary N) is 1. The molecule has 1 saturated heterocycles. The Kier molecular flexibility index (Phi) is 7.01. The van der Waals surface area contributed by atoms with E-state index in [2.05, 4.69) is 15.0 Å². The number of hydrogen-bond acceptors (Lipinski definition) is 11. The second kappa shape index (κ2) is 9.33. The zero-order valence-corrected chi connectivity index (χ0v) is 17.2. The minimum Gasteiger partial charge on any atom is -0.462 e. The lowest BCUT2D eigenvalue weighted by Crippen LogP contribution is -2.34. The molecule has 0 bridgehead atoms. The quantitative estimate of drug-likeness (QED) is 0.336. The highest BCUT2D eigenvalue weighted by molar-refractivity contribution is 7.54. The molecule has 2 aromatic heterocycles. The van der Waals surface area contributed by atoms with Crippen molar-refractivity contribution in [1.29, 1.82) is 0 Å². The van der Waals surface area contributed by atoms with E-state index in [0.29, 0.717) is 0 Å². The lowest BCUT2D eigenvalue weighted by atomic mass is 10.1. The van der Waals surface area contributed by atoms with Crippen LogP contribution >= 0.6 is 7.60 Å². The van der Waals surface area contributed by atoms with Crippen LogP contribution in [0.3, 0.4) is 0 Å². The van der Waals surface area contributed by atoms with E-state index < -0.39 is 56.4 Å². The van der Waals surface area contributed by atoms with Crippen molar-refractivity contribution < 1.29 is 38.1 Å². The van der Waals surface area contributed by atoms with E-state index >= 15 is 0 Å². The summed E-state index contributed by atoms with van der Waals surface area (Å²) in [5, 5.41) is 20.6. The molecule has 0 unspecified atom stereocenters. The maximum absolute atomic E-state index is 12.4. The number of hydrogen-bond donors (Lipinski definition) is 3. The molecule has 0 radical (unpaired) electrons. The summed E-state index contributed by atoms with van der Waals surface area (Å²) < 4.78 is 34.4. The summed E-state index contributed by atoms with van der Waals surface area (Å²) in [6, 6.07) is 0. The number of ether oxygens (including phenoxy) is 2. The number of fused-ring (bicyclic) bond motifs is 1. The third kappa shape index (κ3) is 4.61. The van der Waals surface area contributed by atoms with Crippen LogP contribution in [-0.4, -0.2) is 80.0 Å². The number of H-pyrrole nitrogens is 1. The number of carbonyl (C=O) groups excluding carboxylic acids is 1. The van der Waals surface area contributed by atoms with Crippen molar-refractivity contribution in [2.75, 3.05) is 26.0 Å². The second-order valence-corrected chi connectivity index (χ2v) is 8.44. The molecule has 3 heterocycles. The van der Waals surface area contributed by atoms with Crippen molar-refractivity contribution in [2.45, 2.75) is 38.4 Å². The van der Waals surface area contributed by atoms with Crippen LogP contribution in [-0.2, 0) is 27.9 Å². The summed E-state index contributed by atoms with van der Waals surface area (Å²) in [7, 11) is -3.63. The van der Waals surface area contributed by atoms with E-state index in [0.717, 1.165) is 0 Å². The third-order valence-corrected chi connectivity index (χ3v) is 6.31. The number of aliphatic hydroxyl groups excluding tert-OH is 2. The Hall–Kier alpha value is -2.15. The fourth-order valence-electron chi connectivity index (χ4n) is 3.05. The summed E-state index contributed by atoms with van der Waals surface area (Å²) >= 11 is 0. The number of rotatable bonds is 9. The lowest BCUT2D eigenvalue weighted by molar-refractivity contribution is -0.147. The van der Waals surface area contributed by atoms with E-state index in [1.54, 1.807) is 13.8 Å². The van der Waals surface area contributed by atoms with E-state index in [4.69, 9.17) is 18.5 Å². The lowest BCUT2D eigenvalue weighted by Gasteiger charge is -2.18. The summed E-state index contributed by atoms with van der Waals surface area (Å²) in [4.78, 5) is 34.2. The van der Waals surface area contributed by atoms with Gasteiger partial charge in [-0.05, 0) is 13.8 Å². The van der Waals surface area contributed by atoms with Gasteiger partial charge in [0.05, 0.1) is 25.9 Å². The Labute approximate surface area is 170 Å². The molecule has 1 aliphatic rings. The number of aliphatic hydroxyl groups is 2. The summed E-state index contributed by atoms with van der Waals surface area (Å²) in [5.74, 6) is -0.866. The van der Waals surface area contributed by atoms with Gasteiger partial charge in [-0.3, -0.25) is 18.7 Å². The molecule has 2 aromatic rings. The Bertz CT molecular complexity index is 982. The predicted octanol–water partition coefficient (Wildman–Crippen LogP) is -0.452. The van der Waals surface area contributed by atoms with Crippen LogP contribution in [0, 0.1) is 0 Å². The molecule has 1 fully saturated rings. The first-order valence-corrected chi connectivity index (χ1v) is 11.0. The van der Waals surface area contributed by atoms with E-state index in [-0.39, 0.29) is 24.4 Å². The van der Waals surface area contributed by atoms with E-state index in [1.807, 2.05) is 0 Å². The maximum atomic E-state index is 12.4. The van der Waals surface area contributed by atoms with Crippen LogP contribution in [0.1, 0.15) is 20.1 Å². The van der Waals surface area contributed by atoms with Gasteiger partial charge in [-0.15, -0.1) is 0 Å². The molecule has 4 atom stereocenters. The van der Waals surface area contributed by atoms with Crippen molar-refractivity contribution in [1.82, 2.24) is 19.5 Å². The Morgan fingerprint density at radius 2 is 1.97 bits per heavy atom. The number of esters is 1. The van der Waals surface area contributed by atoms with Crippen LogP contribution in [0.5, 0.6) is 0 Å². The van der Waals surface area contributed by atoms with Gasteiger partial charge in [0, 0.05) is 0 Å². The van der Waals surface area contributed by atoms with Crippen LogP contribution in [0.2, 0.25) is 0 Å². The fraction of sp³-hybridized carbons (Fsp3) is 0.625. The molecule has 0 aromatic carbocycles. The smallest absolute Gasteiger partial charge is 0.341 e. The molecule has 0 aliphatic carbocycles. The summed E-state index contributed by atoms with van der Waals surface area (Å²) in [5.41, 5.74) is -0.271.